The molecule has 152 valence electrons. The van der Waals surface area contributed by atoms with Crippen LogP contribution < -0.4 is 15.8 Å². The van der Waals surface area contributed by atoms with Crippen LogP contribution in [0.5, 0.6) is 0 Å². The number of rotatable bonds is 9. The Morgan fingerprint density at radius 2 is 2.00 bits per heavy atom. The summed E-state index contributed by atoms with van der Waals surface area (Å²) in [6.45, 7) is 4.77. The highest BCUT2D eigenvalue weighted by Gasteiger charge is 2.31. The van der Waals surface area contributed by atoms with E-state index in [9.17, 15) is 18.4 Å². The Morgan fingerprint density at radius 1 is 1.18 bits per heavy atom. The van der Waals surface area contributed by atoms with E-state index < -0.39 is 28.6 Å². The molecule has 3 rings (SSSR count). The van der Waals surface area contributed by atoms with Gasteiger partial charge in [-0.1, -0.05) is 6.07 Å². The van der Waals surface area contributed by atoms with Gasteiger partial charge < -0.3 is 14.4 Å². The second-order valence-corrected chi connectivity index (χ2v) is 7.09. The molecule has 2 aromatic carbocycles. The molecule has 5 nitrogen and oxygen atoms in total. The van der Waals surface area contributed by atoms with Crippen LogP contribution in [0.4, 0.5) is 14.5 Å². The number of nitrogens with zero attached hydrogens (tertiary/aromatic N) is 1. The van der Waals surface area contributed by atoms with Crippen molar-refractivity contribution in [3.05, 3.63) is 61.9 Å². The maximum Gasteiger partial charge on any atom is 0.249 e. The van der Waals surface area contributed by atoms with Gasteiger partial charge in [-0.05, 0) is 43.9 Å². The van der Waals surface area contributed by atoms with Crippen LogP contribution in [0.2, 0.25) is 0 Å². The monoisotopic (exact) mass is 393 g/mol. The summed E-state index contributed by atoms with van der Waals surface area (Å²) in [6.07, 6.45) is 1.93. The van der Waals surface area contributed by atoms with E-state index in [2.05, 4.69) is 0 Å². The molecule has 0 aromatic heterocycles. The first-order valence-electron chi connectivity index (χ1n) is 9.70. The maximum atomic E-state index is 13.8. The van der Waals surface area contributed by atoms with Gasteiger partial charge in [-0.3, -0.25) is 9.59 Å². The molecule has 2 aromatic rings. The minimum atomic E-state index is -0.907. The van der Waals surface area contributed by atoms with Crippen LogP contribution in [-0.2, 0) is 9.47 Å². The number of piperidine rings is 1. The zero-order valence-electron chi connectivity index (χ0n) is 16.0. The standard InChI is InChI=1S/C21H25F2NO4/c1-2-27-9-4-10-28-21(14-6-7-16(22)17(23)11-14)15-5-3-8-24(13-15)18-12-19(25)20(18)26/h6-7,11-12,15,21H,2-5,8-10,13H2,1H3. The van der Waals surface area contributed by atoms with Crippen molar-refractivity contribution in [2.24, 2.45) is 5.92 Å². The second kappa shape index (κ2) is 9.39. The molecule has 2 unspecified atom stereocenters. The Kier molecular flexibility index (Phi) is 6.91. The van der Waals surface area contributed by atoms with Gasteiger partial charge in [0, 0.05) is 44.9 Å². The Hall–Kier alpha value is -2.12. The van der Waals surface area contributed by atoms with Crippen LogP contribution in [0, 0.1) is 17.6 Å². The lowest BCUT2D eigenvalue weighted by molar-refractivity contribution is -0.00486. The second-order valence-electron chi connectivity index (χ2n) is 7.09. The molecule has 1 aliphatic rings. The van der Waals surface area contributed by atoms with Gasteiger partial charge in [-0.15, -0.1) is 0 Å². The Morgan fingerprint density at radius 3 is 2.68 bits per heavy atom. The van der Waals surface area contributed by atoms with E-state index in [1.165, 1.54) is 12.1 Å². The van der Waals surface area contributed by atoms with Gasteiger partial charge in [0.25, 0.3) is 0 Å². The lowest BCUT2D eigenvalue weighted by Crippen LogP contribution is -2.45. The van der Waals surface area contributed by atoms with E-state index in [1.54, 1.807) is 6.07 Å². The normalized spacial score (nSPS) is 18.5. The van der Waals surface area contributed by atoms with Crippen LogP contribution >= 0.6 is 0 Å². The third-order valence-corrected chi connectivity index (χ3v) is 5.16. The smallest absolute Gasteiger partial charge is 0.249 e. The van der Waals surface area contributed by atoms with Crippen molar-refractivity contribution >= 4 is 5.69 Å². The van der Waals surface area contributed by atoms with Crippen molar-refractivity contribution in [3.8, 4) is 0 Å². The molecular formula is C21H25F2NO4. The third kappa shape index (κ3) is 4.64. The first-order chi connectivity index (χ1) is 13.5. The molecule has 1 heterocycles. The van der Waals surface area contributed by atoms with Gasteiger partial charge >= 0.3 is 0 Å². The highest BCUT2D eigenvalue weighted by atomic mass is 19.2. The zero-order chi connectivity index (χ0) is 20.1. The van der Waals surface area contributed by atoms with Gasteiger partial charge in [0.1, 0.15) is 0 Å². The number of halogens is 2. The third-order valence-electron chi connectivity index (χ3n) is 5.16. The first-order valence-corrected chi connectivity index (χ1v) is 9.70. The summed E-state index contributed by atoms with van der Waals surface area (Å²) < 4.78 is 38.6. The summed E-state index contributed by atoms with van der Waals surface area (Å²) in [4.78, 5) is 24.9. The van der Waals surface area contributed by atoms with Crippen LogP contribution in [0.15, 0.2) is 33.9 Å². The largest absolute Gasteiger partial charge is 0.382 e. The number of anilines is 1. The molecular weight excluding hydrogens is 368 g/mol. The van der Waals surface area contributed by atoms with Gasteiger partial charge in [-0.2, -0.15) is 0 Å². The van der Waals surface area contributed by atoms with Gasteiger partial charge in [-0.25, -0.2) is 8.78 Å². The molecule has 1 fully saturated rings. The Balaban J connectivity index is 1.75. The van der Waals surface area contributed by atoms with Crippen LogP contribution in [-0.4, -0.2) is 32.9 Å². The van der Waals surface area contributed by atoms with E-state index in [0.717, 1.165) is 18.9 Å². The van der Waals surface area contributed by atoms with Crippen LogP contribution in [0.25, 0.3) is 0 Å². The fourth-order valence-electron chi connectivity index (χ4n) is 3.72. The highest BCUT2D eigenvalue weighted by Crippen LogP contribution is 2.34. The molecule has 0 spiro atoms. The zero-order valence-corrected chi connectivity index (χ0v) is 16.0. The number of hydrogen-bond donors (Lipinski definition) is 0. The Bertz CT molecular complexity index is 862. The first kappa shape index (κ1) is 20.6. The van der Waals surface area contributed by atoms with E-state index >= 15 is 0 Å². The topological polar surface area (TPSA) is 55.8 Å². The molecule has 28 heavy (non-hydrogen) atoms. The molecule has 1 saturated heterocycles. The summed E-state index contributed by atoms with van der Waals surface area (Å²) in [7, 11) is 0. The summed E-state index contributed by atoms with van der Waals surface area (Å²) in [5, 5.41) is 0. The minimum absolute atomic E-state index is 0.00453. The number of ether oxygens (including phenoxy) is 2. The van der Waals surface area contributed by atoms with Gasteiger partial charge in [0.05, 0.1) is 11.8 Å². The average molecular weight is 393 g/mol. The molecule has 0 radical (unpaired) electrons. The number of hydrogen-bond acceptors (Lipinski definition) is 5. The van der Waals surface area contributed by atoms with Crippen LogP contribution in [0.1, 0.15) is 37.9 Å². The molecule has 1 aliphatic heterocycles. The minimum Gasteiger partial charge on any atom is -0.382 e. The van der Waals surface area contributed by atoms with Crippen molar-refractivity contribution < 1.29 is 18.3 Å². The fourth-order valence-corrected chi connectivity index (χ4v) is 3.72. The van der Waals surface area contributed by atoms with Gasteiger partial charge in [0.2, 0.25) is 10.9 Å². The van der Waals surface area contributed by atoms with Crippen molar-refractivity contribution in [3.63, 3.8) is 0 Å². The molecule has 0 bridgehead atoms. The summed E-state index contributed by atoms with van der Waals surface area (Å²) in [5.74, 6) is -1.81. The van der Waals surface area contributed by atoms with Crippen molar-refractivity contribution in [1.29, 1.82) is 0 Å². The van der Waals surface area contributed by atoms with E-state index in [4.69, 9.17) is 9.47 Å². The average Bonchev–Trinajstić information content (AvgIpc) is 2.71. The molecule has 0 amide bonds. The molecule has 0 saturated carbocycles. The quantitative estimate of drug-likeness (QED) is 0.484. The number of benzene rings is 1. The highest BCUT2D eigenvalue weighted by molar-refractivity contribution is 5.50. The molecule has 7 heteroatoms. The maximum absolute atomic E-state index is 13.8. The Labute approximate surface area is 162 Å². The summed E-state index contributed by atoms with van der Waals surface area (Å²) >= 11 is 0. The summed E-state index contributed by atoms with van der Waals surface area (Å²) in [6, 6.07) is 5.19. The predicted octanol–water partition coefficient (Wildman–Crippen LogP) is 2.96. The van der Waals surface area contributed by atoms with E-state index in [-0.39, 0.29) is 5.92 Å². The predicted molar refractivity (Wildman–Crippen MR) is 102 cm³/mol. The van der Waals surface area contributed by atoms with Crippen molar-refractivity contribution in [1.82, 2.24) is 0 Å². The van der Waals surface area contributed by atoms with Crippen molar-refractivity contribution in [2.45, 2.75) is 32.3 Å². The lowest BCUT2D eigenvalue weighted by Gasteiger charge is -2.38. The lowest BCUT2D eigenvalue weighted by atomic mass is 9.87. The molecule has 0 aliphatic carbocycles. The van der Waals surface area contributed by atoms with E-state index in [1.807, 2.05) is 11.8 Å². The summed E-state index contributed by atoms with van der Waals surface area (Å²) in [5.41, 5.74) is 0.0892. The molecule has 2 atom stereocenters. The van der Waals surface area contributed by atoms with Crippen molar-refractivity contribution in [2.75, 3.05) is 37.8 Å². The van der Waals surface area contributed by atoms with E-state index in [0.29, 0.717) is 50.6 Å². The van der Waals surface area contributed by atoms with Crippen LogP contribution in [0.3, 0.4) is 0 Å². The molecule has 0 N–H and O–H groups in total. The SMILES string of the molecule is CCOCCCOC(c1ccc(F)c(F)c1)C1CCCN(c2cc(=O)c2=O)C1. The fraction of sp³-hybridized carbons (Fsp3) is 0.524. The van der Waals surface area contributed by atoms with Gasteiger partial charge in [0.15, 0.2) is 11.6 Å².